The van der Waals surface area contributed by atoms with E-state index in [0.717, 1.165) is 17.1 Å². The molecule has 0 bridgehead atoms. The SMILES string of the molecule is CNCc1cccnc1SCC(O)CO. The highest BCUT2D eigenvalue weighted by Crippen LogP contribution is 2.20. The third-order valence-electron chi connectivity index (χ3n) is 1.84. The lowest BCUT2D eigenvalue weighted by atomic mass is 10.3. The molecule has 3 N–H and O–H groups in total. The van der Waals surface area contributed by atoms with E-state index in [1.54, 1.807) is 6.20 Å². The monoisotopic (exact) mass is 228 g/mol. The Bertz CT molecular complexity index is 297. The lowest BCUT2D eigenvalue weighted by Gasteiger charge is -2.09. The minimum atomic E-state index is -0.681. The third-order valence-corrected chi connectivity index (χ3v) is 3.03. The highest BCUT2D eigenvalue weighted by atomic mass is 32.2. The van der Waals surface area contributed by atoms with E-state index in [0.29, 0.717) is 5.75 Å². The van der Waals surface area contributed by atoms with Crippen molar-refractivity contribution in [2.75, 3.05) is 19.4 Å². The van der Waals surface area contributed by atoms with Crippen LogP contribution in [0.1, 0.15) is 5.56 Å². The molecule has 5 heteroatoms. The summed E-state index contributed by atoms with van der Waals surface area (Å²) in [6.45, 7) is 0.548. The summed E-state index contributed by atoms with van der Waals surface area (Å²) in [5.41, 5.74) is 1.11. The number of aliphatic hydroxyl groups excluding tert-OH is 2. The van der Waals surface area contributed by atoms with Crippen molar-refractivity contribution >= 4 is 11.8 Å². The summed E-state index contributed by atoms with van der Waals surface area (Å²) in [7, 11) is 1.88. The maximum absolute atomic E-state index is 9.23. The van der Waals surface area contributed by atoms with E-state index in [2.05, 4.69) is 10.3 Å². The van der Waals surface area contributed by atoms with E-state index < -0.39 is 6.10 Å². The summed E-state index contributed by atoms with van der Waals surface area (Å²) in [5.74, 6) is 0.463. The molecule has 0 fully saturated rings. The van der Waals surface area contributed by atoms with Crippen LogP contribution in [0.4, 0.5) is 0 Å². The maximum Gasteiger partial charge on any atom is 0.101 e. The van der Waals surface area contributed by atoms with Crippen LogP contribution in [-0.4, -0.2) is 40.7 Å². The molecule has 1 aromatic heterocycles. The minimum absolute atomic E-state index is 0.207. The largest absolute Gasteiger partial charge is 0.394 e. The average Bonchev–Trinajstić information content (AvgIpc) is 2.28. The Morgan fingerprint density at radius 3 is 3.07 bits per heavy atom. The number of nitrogens with zero attached hydrogens (tertiary/aromatic N) is 1. The fourth-order valence-electron chi connectivity index (χ4n) is 1.11. The van der Waals surface area contributed by atoms with Crippen molar-refractivity contribution in [2.24, 2.45) is 0 Å². The van der Waals surface area contributed by atoms with Gasteiger partial charge in [-0.1, -0.05) is 6.07 Å². The summed E-state index contributed by atoms with van der Waals surface area (Å²) in [6.07, 6.45) is 1.05. The molecule has 0 amide bonds. The second kappa shape index (κ2) is 6.79. The zero-order valence-corrected chi connectivity index (χ0v) is 9.50. The average molecular weight is 228 g/mol. The number of rotatable bonds is 6. The molecule has 0 saturated heterocycles. The number of nitrogens with one attached hydrogen (secondary N) is 1. The van der Waals surface area contributed by atoms with Crippen LogP contribution in [0, 0.1) is 0 Å². The molecule has 0 aliphatic carbocycles. The first-order valence-corrected chi connectivity index (χ1v) is 5.76. The number of thioether (sulfide) groups is 1. The molecule has 1 rings (SSSR count). The Morgan fingerprint density at radius 2 is 2.40 bits per heavy atom. The van der Waals surface area contributed by atoms with Gasteiger partial charge in [0.1, 0.15) is 5.03 Å². The van der Waals surface area contributed by atoms with Gasteiger partial charge >= 0.3 is 0 Å². The minimum Gasteiger partial charge on any atom is -0.394 e. The van der Waals surface area contributed by atoms with Crippen molar-refractivity contribution in [1.29, 1.82) is 0 Å². The number of hydrogen-bond acceptors (Lipinski definition) is 5. The highest BCUT2D eigenvalue weighted by molar-refractivity contribution is 7.99. The van der Waals surface area contributed by atoms with Gasteiger partial charge in [-0.3, -0.25) is 0 Å². The molecule has 0 aliphatic heterocycles. The number of hydrogen-bond donors (Lipinski definition) is 3. The van der Waals surface area contributed by atoms with E-state index in [4.69, 9.17) is 5.11 Å². The van der Waals surface area contributed by atoms with Crippen molar-refractivity contribution < 1.29 is 10.2 Å². The second-order valence-corrected chi connectivity index (χ2v) is 4.15. The molecule has 1 aromatic rings. The molecule has 0 spiro atoms. The fourth-order valence-corrected chi connectivity index (χ4v) is 2.02. The topological polar surface area (TPSA) is 65.4 Å². The molecule has 1 heterocycles. The molecule has 4 nitrogen and oxygen atoms in total. The summed E-state index contributed by atoms with van der Waals surface area (Å²) in [6, 6.07) is 3.89. The molecule has 1 unspecified atom stereocenters. The van der Waals surface area contributed by atoms with Crippen molar-refractivity contribution in [2.45, 2.75) is 17.7 Å². The van der Waals surface area contributed by atoms with Gasteiger partial charge in [0.2, 0.25) is 0 Å². The van der Waals surface area contributed by atoms with Crippen molar-refractivity contribution in [3.63, 3.8) is 0 Å². The van der Waals surface area contributed by atoms with Crippen LogP contribution in [0.15, 0.2) is 23.4 Å². The quantitative estimate of drug-likeness (QED) is 0.609. The molecule has 84 valence electrons. The van der Waals surface area contributed by atoms with E-state index >= 15 is 0 Å². The fraction of sp³-hybridized carbons (Fsp3) is 0.500. The first-order chi connectivity index (χ1) is 7.27. The van der Waals surface area contributed by atoms with Gasteiger partial charge in [-0.05, 0) is 18.7 Å². The van der Waals surface area contributed by atoms with Crippen LogP contribution >= 0.6 is 11.8 Å². The van der Waals surface area contributed by atoms with Gasteiger partial charge in [-0.15, -0.1) is 11.8 Å². The van der Waals surface area contributed by atoms with Crippen LogP contribution in [0.25, 0.3) is 0 Å². The summed E-state index contributed by atoms with van der Waals surface area (Å²) in [4.78, 5) is 4.23. The van der Waals surface area contributed by atoms with Crippen LogP contribution in [0.5, 0.6) is 0 Å². The van der Waals surface area contributed by atoms with Crippen LogP contribution in [-0.2, 0) is 6.54 Å². The van der Waals surface area contributed by atoms with Crippen LogP contribution in [0.3, 0.4) is 0 Å². The maximum atomic E-state index is 9.23. The van der Waals surface area contributed by atoms with Gasteiger partial charge in [-0.2, -0.15) is 0 Å². The number of pyridine rings is 1. The van der Waals surface area contributed by atoms with E-state index in [1.807, 2.05) is 19.2 Å². The molecular weight excluding hydrogens is 212 g/mol. The lowest BCUT2D eigenvalue weighted by molar-refractivity contribution is 0.113. The highest BCUT2D eigenvalue weighted by Gasteiger charge is 2.07. The van der Waals surface area contributed by atoms with Crippen molar-refractivity contribution in [3.8, 4) is 0 Å². The Kier molecular flexibility index (Phi) is 5.63. The normalized spacial score (nSPS) is 12.7. The van der Waals surface area contributed by atoms with Crippen LogP contribution in [0.2, 0.25) is 0 Å². The van der Waals surface area contributed by atoms with E-state index in [9.17, 15) is 5.11 Å². The Hall–Kier alpha value is -0.620. The second-order valence-electron chi connectivity index (χ2n) is 3.15. The van der Waals surface area contributed by atoms with E-state index in [1.165, 1.54) is 11.8 Å². The summed E-state index contributed by atoms with van der Waals surface area (Å²) < 4.78 is 0. The lowest BCUT2D eigenvalue weighted by Crippen LogP contribution is -2.15. The standard InChI is InChI=1S/C10H16N2O2S/c1-11-5-8-3-2-4-12-10(8)15-7-9(14)6-13/h2-4,9,11,13-14H,5-7H2,1H3. The molecule has 0 aromatic carbocycles. The van der Waals surface area contributed by atoms with Gasteiger partial charge in [0, 0.05) is 18.5 Å². The molecule has 15 heavy (non-hydrogen) atoms. The zero-order valence-electron chi connectivity index (χ0n) is 8.68. The third kappa shape index (κ3) is 4.17. The smallest absolute Gasteiger partial charge is 0.101 e. The zero-order chi connectivity index (χ0) is 11.1. The predicted octanol–water partition coefficient (Wildman–Crippen LogP) is 0.246. The van der Waals surface area contributed by atoms with Crippen molar-refractivity contribution in [1.82, 2.24) is 10.3 Å². The first-order valence-electron chi connectivity index (χ1n) is 4.78. The molecule has 0 saturated carbocycles. The molecule has 0 aliphatic rings. The van der Waals surface area contributed by atoms with Gasteiger partial charge in [0.05, 0.1) is 12.7 Å². The van der Waals surface area contributed by atoms with Gasteiger partial charge in [0.25, 0.3) is 0 Å². The Morgan fingerprint density at radius 1 is 1.60 bits per heavy atom. The number of aliphatic hydroxyl groups is 2. The van der Waals surface area contributed by atoms with Crippen LogP contribution < -0.4 is 5.32 Å². The first kappa shape index (κ1) is 12.4. The van der Waals surface area contributed by atoms with Gasteiger partial charge in [0.15, 0.2) is 0 Å². The van der Waals surface area contributed by atoms with Gasteiger partial charge in [-0.25, -0.2) is 4.98 Å². The summed E-state index contributed by atoms with van der Waals surface area (Å²) in [5, 5.41) is 21.9. The Balaban J connectivity index is 2.58. The van der Waals surface area contributed by atoms with E-state index in [-0.39, 0.29) is 6.61 Å². The Labute approximate surface area is 93.7 Å². The summed E-state index contributed by atoms with van der Waals surface area (Å²) >= 11 is 1.46. The predicted molar refractivity (Wildman–Crippen MR) is 60.8 cm³/mol. The molecule has 1 atom stereocenters. The van der Waals surface area contributed by atoms with Crippen molar-refractivity contribution in [3.05, 3.63) is 23.9 Å². The number of aromatic nitrogens is 1. The van der Waals surface area contributed by atoms with Gasteiger partial charge < -0.3 is 15.5 Å². The molecule has 0 radical (unpaired) electrons. The molecular formula is C10H16N2O2S.